The number of amides is 1. The van der Waals surface area contributed by atoms with Crippen molar-refractivity contribution in [2.75, 3.05) is 61.6 Å². The fraction of sp³-hybridized carbons (Fsp3) is 0.415. The minimum atomic E-state index is -4.10. The van der Waals surface area contributed by atoms with Gasteiger partial charge in [0.05, 0.1) is 48.2 Å². The largest absolute Gasteiger partial charge is 0.480 e. The lowest BCUT2D eigenvalue weighted by Gasteiger charge is -2.31. The topological polar surface area (TPSA) is 278 Å². The number of halogens is 4. The molecule has 0 radical (unpaired) electrons. The van der Waals surface area contributed by atoms with Crippen LogP contribution >= 0.6 is 54.0 Å². The predicted molar refractivity (Wildman–Crippen MR) is 256 cm³/mol. The number of esters is 1. The van der Waals surface area contributed by atoms with E-state index in [1.807, 2.05) is 53.7 Å². The van der Waals surface area contributed by atoms with Crippen molar-refractivity contribution < 1.29 is 53.0 Å². The Morgan fingerprint density at radius 3 is 2.15 bits per heavy atom. The average molecular weight is 1020 g/mol. The second-order valence-electron chi connectivity index (χ2n) is 14.5. The number of ether oxygens (including phenoxy) is 3. The van der Waals surface area contributed by atoms with Crippen molar-refractivity contribution in [3.63, 3.8) is 0 Å². The number of methoxy groups -OCH3 is 2. The molecule has 4 rings (SSSR count). The number of nitrogens with zero attached hydrogens (tertiary/aromatic N) is 5. The third kappa shape index (κ3) is 22.1. The minimum Gasteiger partial charge on any atom is -0.480 e. The zero-order valence-electron chi connectivity index (χ0n) is 37.7. The highest BCUT2D eigenvalue weighted by molar-refractivity contribution is 7.51. The van der Waals surface area contributed by atoms with Gasteiger partial charge < -0.3 is 44.6 Å². The van der Waals surface area contributed by atoms with E-state index in [4.69, 9.17) is 70.8 Å². The van der Waals surface area contributed by atoms with Gasteiger partial charge in [-0.25, -0.2) is 4.79 Å². The monoisotopic (exact) mass is 1020 g/mol. The Morgan fingerprint density at radius 2 is 1.64 bits per heavy atom. The van der Waals surface area contributed by atoms with Gasteiger partial charge in [-0.1, -0.05) is 48.3 Å². The number of nitro groups is 1. The van der Waals surface area contributed by atoms with Crippen LogP contribution < -0.4 is 25.6 Å². The summed E-state index contributed by atoms with van der Waals surface area (Å²) in [5.41, 5.74) is 2.52. The number of carbonyl (C=O) groups is 3. The molecule has 1 amide bonds. The van der Waals surface area contributed by atoms with E-state index in [9.17, 15) is 29.1 Å². The second kappa shape index (κ2) is 29.0. The first-order chi connectivity index (χ1) is 30.8. The number of rotatable bonds is 17. The second-order valence-corrected chi connectivity index (χ2v) is 17.6. The number of nitro benzene ring substituents is 1. The molecular formula is C41H55Cl4N8O12P. The third-order valence-electron chi connectivity index (χ3n) is 7.89. The molecular weight excluding hydrogens is 969 g/mol. The van der Waals surface area contributed by atoms with Crippen LogP contribution in [0.1, 0.15) is 63.0 Å². The number of carboxylic acids is 1. The number of benzene rings is 3. The molecule has 0 saturated heterocycles. The molecule has 3 aromatic carbocycles. The Labute approximate surface area is 403 Å². The van der Waals surface area contributed by atoms with Gasteiger partial charge in [0.25, 0.3) is 5.69 Å². The molecule has 0 bridgehead atoms. The lowest BCUT2D eigenvalue weighted by atomic mass is 10.0. The Bertz CT molecular complexity index is 2290. The molecule has 6 N–H and O–H groups in total. The number of anilines is 3. The van der Waals surface area contributed by atoms with Crippen LogP contribution in [-0.2, 0) is 30.0 Å². The average Bonchev–Trinajstić information content (AvgIpc) is 3.21. The summed E-state index contributed by atoms with van der Waals surface area (Å²) in [6.45, 7) is 14.9. The molecule has 0 aliphatic rings. The lowest BCUT2D eigenvalue weighted by molar-refractivity contribution is -0.385. The quantitative estimate of drug-likeness (QED) is 0.0190. The number of hydrogen-bond acceptors (Lipinski definition) is 15. The highest BCUT2D eigenvalue weighted by Crippen LogP contribution is 2.34. The standard InChI is InChI=1S/C15H22ClNO2.C14H9Cl2NO5.C9H16ClN5.C3H8NO5P/c1-5-13-8-6-7-11(2)15(13)17(14(18)9-16)12(3)10-19-4;1-21-14(18)10-7-9(3-4-12(10)17(19)20)22-13-5-2-8(15)6-11(13)16;1-5-11-7-12-6(10)13-8(14-7)15-9(2,3)4;5-3(6)1-4-2-10(7,8)9/h6-8,12H,5,9-10H2,1-4H3;2-7H,1H3;5H2,1-4H3,(H2,11,12,13,14,15);4H,1-2H2,(H,5,6)(H2,7,8,9). The number of carbonyl (C=O) groups excluding carboxylic acids is 2. The first-order valence-electron chi connectivity index (χ1n) is 19.7. The number of aliphatic carboxylic acids is 1. The molecule has 0 fully saturated rings. The Kier molecular flexibility index (Phi) is 26.0. The third-order valence-corrected chi connectivity index (χ3v) is 9.45. The Hall–Kier alpha value is -4.89. The number of carboxylic acid groups (broad SMARTS) is 1. The van der Waals surface area contributed by atoms with Gasteiger partial charge in [0, 0.05) is 36.3 Å². The van der Waals surface area contributed by atoms with Gasteiger partial charge in [-0.15, -0.1) is 11.6 Å². The van der Waals surface area contributed by atoms with Gasteiger partial charge in [-0.2, -0.15) is 15.0 Å². The van der Waals surface area contributed by atoms with Gasteiger partial charge in [0.2, 0.25) is 23.1 Å². The molecule has 0 aliphatic carbocycles. The van der Waals surface area contributed by atoms with E-state index >= 15 is 0 Å². The fourth-order valence-electron chi connectivity index (χ4n) is 5.30. The van der Waals surface area contributed by atoms with E-state index in [1.165, 1.54) is 18.2 Å². The summed E-state index contributed by atoms with van der Waals surface area (Å²) in [5.74, 6) is -0.609. The number of para-hydroxylation sites is 1. The number of alkyl halides is 1. The molecule has 1 atom stereocenters. The van der Waals surface area contributed by atoms with Gasteiger partial charge in [0.1, 0.15) is 22.9 Å². The molecule has 0 spiro atoms. The number of hydrogen-bond donors (Lipinski definition) is 6. The zero-order chi connectivity index (χ0) is 50.4. The molecule has 4 aromatic rings. The van der Waals surface area contributed by atoms with Crippen molar-refractivity contribution in [2.24, 2.45) is 0 Å². The van der Waals surface area contributed by atoms with Crippen LogP contribution in [0.15, 0.2) is 54.6 Å². The van der Waals surface area contributed by atoms with Crippen LogP contribution in [-0.4, -0.2) is 110 Å². The van der Waals surface area contributed by atoms with E-state index < -0.39 is 37.3 Å². The number of aromatic nitrogens is 3. The highest BCUT2D eigenvalue weighted by atomic mass is 35.5. The minimum absolute atomic E-state index is 0.0223. The first-order valence-corrected chi connectivity index (χ1v) is 23.1. The van der Waals surface area contributed by atoms with Gasteiger partial charge in [0.15, 0.2) is 0 Å². The van der Waals surface area contributed by atoms with Crippen LogP contribution in [0.5, 0.6) is 11.5 Å². The van der Waals surface area contributed by atoms with Crippen LogP contribution in [0.25, 0.3) is 0 Å². The molecule has 20 nitrogen and oxygen atoms in total. The fourth-order valence-corrected chi connectivity index (χ4v) is 6.44. The Balaban J connectivity index is 0.000000456. The molecule has 1 aromatic heterocycles. The summed E-state index contributed by atoms with van der Waals surface area (Å²) in [6.07, 6.45) is 0.280. The van der Waals surface area contributed by atoms with Crippen molar-refractivity contribution in [1.82, 2.24) is 20.3 Å². The normalized spacial score (nSPS) is 11.2. The molecule has 66 heavy (non-hydrogen) atoms. The van der Waals surface area contributed by atoms with E-state index in [-0.39, 0.29) is 50.7 Å². The molecule has 1 heterocycles. The van der Waals surface area contributed by atoms with Crippen molar-refractivity contribution in [3.05, 3.63) is 96.7 Å². The van der Waals surface area contributed by atoms with Crippen molar-refractivity contribution in [1.29, 1.82) is 0 Å². The van der Waals surface area contributed by atoms with Crippen LogP contribution in [0, 0.1) is 17.0 Å². The molecule has 1 unspecified atom stereocenters. The maximum atomic E-state index is 12.2. The van der Waals surface area contributed by atoms with Crippen LogP contribution in [0.4, 0.5) is 23.3 Å². The van der Waals surface area contributed by atoms with Gasteiger partial charge in [-0.05, 0) is 95.0 Å². The summed E-state index contributed by atoms with van der Waals surface area (Å²) in [5, 5.41) is 28.0. The lowest BCUT2D eigenvalue weighted by Crippen LogP contribution is -2.43. The SMILES string of the molecule is CCNc1nc(Cl)nc(NC(C)(C)C)n1.CCc1cccc(C)c1N(C(=O)CCl)C(C)COC.COC(=O)c1cc(Oc2ccc(Cl)cc2Cl)ccc1[N+](=O)[O-].O=C(O)CNCP(=O)(O)O. The summed E-state index contributed by atoms with van der Waals surface area (Å²) < 4.78 is 25.3. The summed E-state index contributed by atoms with van der Waals surface area (Å²) in [4.78, 5) is 74.1. The van der Waals surface area contributed by atoms with E-state index in [0.717, 1.165) is 43.0 Å². The molecule has 0 aliphatic heterocycles. The maximum absolute atomic E-state index is 12.2. The summed E-state index contributed by atoms with van der Waals surface area (Å²) in [6, 6.07) is 14.4. The first kappa shape index (κ1) is 59.1. The van der Waals surface area contributed by atoms with Gasteiger partial charge in [-0.3, -0.25) is 29.6 Å². The van der Waals surface area contributed by atoms with Gasteiger partial charge >= 0.3 is 19.5 Å². The highest BCUT2D eigenvalue weighted by Gasteiger charge is 2.25. The van der Waals surface area contributed by atoms with Crippen molar-refractivity contribution >= 4 is 95.1 Å². The predicted octanol–water partition coefficient (Wildman–Crippen LogP) is 8.61. The molecule has 364 valence electrons. The van der Waals surface area contributed by atoms with E-state index in [0.29, 0.717) is 29.3 Å². The zero-order valence-corrected chi connectivity index (χ0v) is 41.6. The molecule has 25 heteroatoms. The maximum Gasteiger partial charge on any atom is 0.345 e. The van der Waals surface area contributed by atoms with Crippen LogP contribution in [0.2, 0.25) is 15.3 Å². The number of nitrogens with one attached hydrogen (secondary N) is 3. The number of aryl methyl sites for hydroxylation is 2. The molecule has 0 saturated carbocycles. The summed E-state index contributed by atoms with van der Waals surface area (Å²) >= 11 is 23.3. The van der Waals surface area contributed by atoms with Crippen LogP contribution in [0.3, 0.4) is 0 Å². The van der Waals surface area contributed by atoms with Crippen molar-refractivity contribution in [3.8, 4) is 11.5 Å². The van der Waals surface area contributed by atoms with Crippen molar-refractivity contribution in [2.45, 2.75) is 66.5 Å². The van der Waals surface area contributed by atoms with E-state index in [2.05, 4.69) is 48.6 Å². The Morgan fingerprint density at radius 1 is 0.985 bits per heavy atom. The smallest absolute Gasteiger partial charge is 0.345 e. The summed E-state index contributed by atoms with van der Waals surface area (Å²) in [7, 11) is -1.32. The van der Waals surface area contributed by atoms with E-state index in [1.54, 1.807) is 24.1 Å².